The molecule has 0 saturated carbocycles. The highest BCUT2D eigenvalue weighted by molar-refractivity contribution is 6.06. The van der Waals surface area contributed by atoms with Gasteiger partial charge in [0.25, 0.3) is 0 Å². The molecular weight excluding hydrogens is 185 g/mol. The summed E-state index contributed by atoms with van der Waals surface area (Å²) in [5.41, 5.74) is 0.288. The highest BCUT2D eigenvalue weighted by Crippen LogP contribution is 2.25. The van der Waals surface area contributed by atoms with E-state index >= 15 is 0 Å². The fraction of sp³-hybridized carbons (Fsp3) is 0.200. The van der Waals surface area contributed by atoms with E-state index in [0.717, 1.165) is 0 Å². The Hall–Kier alpha value is -1.71. The monoisotopic (exact) mass is 193 g/mol. The second-order valence-corrected chi connectivity index (χ2v) is 3.19. The molecule has 72 valence electrons. The van der Waals surface area contributed by atoms with E-state index < -0.39 is 17.6 Å². The molecule has 1 unspecified atom stereocenters. The summed E-state index contributed by atoms with van der Waals surface area (Å²) in [6.07, 6.45) is 0.0414. The molecule has 0 aromatic heterocycles. The molecule has 2 rings (SSSR count). The van der Waals surface area contributed by atoms with Gasteiger partial charge in [0.05, 0.1) is 5.92 Å². The van der Waals surface area contributed by atoms with Gasteiger partial charge < -0.3 is 0 Å². The van der Waals surface area contributed by atoms with E-state index in [2.05, 4.69) is 5.32 Å². The van der Waals surface area contributed by atoms with Crippen LogP contribution in [0.4, 0.5) is 4.39 Å². The first-order chi connectivity index (χ1) is 6.68. The van der Waals surface area contributed by atoms with Crippen LogP contribution in [0.15, 0.2) is 24.3 Å². The van der Waals surface area contributed by atoms with Crippen molar-refractivity contribution < 1.29 is 14.0 Å². The number of hydrogen-bond acceptors (Lipinski definition) is 2. The number of carbonyl (C=O) groups is 2. The number of amides is 2. The summed E-state index contributed by atoms with van der Waals surface area (Å²) < 4.78 is 13.3. The van der Waals surface area contributed by atoms with E-state index in [1.807, 2.05) is 0 Å². The van der Waals surface area contributed by atoms with Crippen LogP contribution >= 0.6 is 0 Å². The number of nitrogens with one attached hydrogen (secondary N) is 1. The molecule has 1 atom stereocenters. The maximum atomic E-state index is 13.3. The topological polar surface area (TPSA) is 46.2 Å². The fourth-order valence-electron chi connectivity index (χ4n) is 1.56. The third kappa shape index (κ3) is 1.39. The number of halogens is 1. The van der Waals surface area contributed by atoms with E-state index in [4.69, 9.17) is 0 Å². The summed E-state index contributed by atoms with van der Waals surface area (Å²) in [5, 5.41) is 2.15. The predicted octanol–water partition coefficient (Wildman–Crippen LogP) is 0.956. The Morgan fingerprint density at radius 2 is 2.00 bits per heavy atom. The molecule has 1 aliphatic rings. The number of hydrogen-bond donors (Lipinski definition) is 1. The molecule has 0 bridgehead atoms. The van der Waals surface area contributed by atoms with Crippen LogP contribution < -0.4 is 5.32 Å². The van der Waals surface area contributed by atoms with Crippen LogP contribution in [0.1, 0.15) is 17.9 Å². The first-order valence-electron chi connectivity index (χ1n) is 4.26. The molecule has 3 nitrogen and oxygen atoms in total. The third-order valence-electron chi connectivity index (χ3n) is 2.25. The van der Waals surface area contributed by atoms with Gasteiger partial charge in [0.15, 0.2) is 0 Å². The molecule has 1 fully saturated rings. The van der Waals surface area contributed by atoms with Crippen molar-refractivity contribution in [2.75, 3.05) is 0 Å². The molecule has 1 saturated heterocycles. The zero-order chi connectivity index (χ0) is 10.1. The lowest BCUT2D eigenvalue weighted by Crippen LogP contribution is -2.21. The van der Waals surface area contributed by atoms with E-state index in [1.165, 1.54) is 12.1 Å². The van der Waals surface area contributed by atoms with Gasteiger partial charge in [0.2, 0.25) is 11.8 Å². The second kappa shape index (κ2) is 3.21. The zero-order valence-electron chi connectivity index (χ0n) is 7.29. The first kappa shape index (κ1) is 8.87. The van der Waals surface area contributed by atoms with E-state index in [9.17, 15) is 14.0 Å². The lowest BCUT2D eigenvalue weighted by Gasteiger charge is -2.06. The Morgan fingerprint density at radius 3 is 2.57 bits per heavy atom. The number of rotatable bonds is 1. The molecule has 4 heteroatoms. The van der Waals surface area contributed by atoms with Gasteiger partial charge in [-0.3, -0.25) is 14.9 Å². The lowest BCUT2D eigenvalue weighted by atomic mass is 9.97. The van der Waals surface area contributed by atoms with E-state index in [-0.39, 0.29) is 17.9 Å². The summed E-state index contributed by atoms with van der Waals surface area (Å²) in [6, 6.07) is 6.01. The number of imide groups is 1. The normalized spacial score (nSPS) is 21.1. The maximum Gasteiger partial charge on any atom is 0.234 e. The molecule has 1 aromatic carbocycles. The highest BCUT2D eigenvalue weighted by atomic mass is 19.1. The standard InChI is InChI=1S/C10H8FNO2/c11-8-4-2-1-3-6(8)7-5-9(13)12-10(7)14/h1-4,7H,5H2,(H,12,13,14). The van der Waals surface area contributed by atoms with Crippen LogP contribution in [0.3, 0.4) is 0 Å². The van der Waals surface area contributed by atoms with Crippen molar-refractivity contribution in [3.63, 3.8) is 0 Å². The lowest BCUT2D eigenvalue weighted by molar-refractivity contribution is -0.125. The molecule has 1 heterocycles. The molecule has 2 amide bonds. The van der Waals surface area contributed by atoms with Crippen molar-refractivity contribution in [3.8, 4) is 0 Å². The van der Waals surface area contributed by atoms with Crippen LogP contribution in [0, 0.1) is 5.82 Å². The minimum atomic E-state index is -0.663. The largest absolute Gasteiger partial charge is 0.296 e. The van der Waals surface area contributed by atoms with Crippen molar-refractivity contribution in [2.45, 2.75) is 12.3 Å². The molecule has 14 heavy (non-hydrogen) atoms. The minimum Gasteiger partial charge on any atom is -0.296 e. The average molecular weight is 193 g/mol. The summed E-state index contributed by atoms with van der Waals surface area (Å²) in [4.78, 5) is 22.1. The van der Waals surface area contributed by atoms with Gasteiger partial charge in [-0.1, -0.05) is 18.2 Å². The Balaban J connectivity index is 2.36. The SMILES string of the molecule is O=C1CC(c2ccccc2F)C(=O)N1. The van der Waals surface area contributed by atoms with Gasteiger partial charge in [0, 0.05) is 12.0 Å². The van der Waals surface area contributed by atoms with Crippen LogP contribution in [-0.2, 0) is 9.59 Å². The summed E-state index contributed by atoms with van der Waals surface area (Å²) >= 11 is 0. The Kier molecular flexibility index (Phi) is 2.04. The van der Waals surface area contributed by atoms with Crippen molar-refractivity contribution in [1.82, 2.24) is 5.32 Å². The molecular formula is C10H8FNO2. The molecule has 1 aromatic rings. The summed E-state index contributed by atoms with van der Waals surface area (Å²) in [5.74, 6) is -1.87. The number of carbonyl (C=O) groups excluding carboxylic acids is 2. The Labute approximate surface area is 79.9 Å². The highest BCUT2D eigenvalue weighted by Gasteiger charge is 2.33. The first-order valence-corrected chi connectivity index (χ1v) is 4.26. The molecule has 0 spiro atoms. The summed E-state index contributed by atoms with van der Waals surface area (Å²) in [6.45, 7) is 0. The van der Waals surface area contributed by atoms with Gasteiger partial charge >= 0.3 is 0 Å². The number of benzene rings is 1. The molecule has 0 aliphatic carbocycles. The predicted molar refractivity (Wildman–Crippen MR) is 46.9 cm³/mol. The van der Waals surface area contributed by atoms with Crippen LogP contribution in [0.2, 0.25) is 0 Å². The van der Waals surface area contributed by atoms with Gasteiger partial charge in [-0.05, 0) is 6.07 Å². The van der Waals surface area contributed by atoms with Gasteiger partial charge in [0.1, 0.15) is 5.82 Å². The van der Waals surface area contributed by atoms with Crippen molar-refractivity contribution in [3.05, 3.63) is 35.6 Å². The minimum absolute atomic E-state index is 0.0414. The molecule has 1 N–H and O–H groups in total. The Bertz CT molecular complexity index is 403. The van der Waals surface area contributed by atoms with Crippen molar-refractivity contribution in [1.29, 1.82) is 0 Å². The fourth-order valence-corrected chi connectivity index (χ4v) is 1.56. The van der Waals surface area contributed by atoms with Crippen LogP contribution in [0.5, 0.6) is 0 Å². The van der Waals surface area contributed by atoms with Gasteiger partial charge in [-0.15, -0.1) is 0 Å². The second-order valence-electron chi connectivity index (χ2n) is 3.19. The maximum absolute atomic E-state index is 13.3. The van der Waals surface area contributed by atoms with Gasteiger partial charge in [-0.2, -0.15) is 0 Å². The van der Waals surface area contributed by atoms with Crippen molar-refractivity contribution in [2.24, 2.45) is 0 Å². The Morgan fingerprint density at radius 1 is 1.29 bits per heavy atom. The molecule has 0 radical (unpaired) electrons. The average Bonchev–Trinajstić information content (AvgIpc) is 2.46. The third-order valence-corrected chi connectivity index (χ3v) is 2.25. The van der Waals surface area contributed by atoms with E-state index in [1.54, 1.807) is 12.1 Å². The van der Waals surface area contributed by atoms with Crippen molar-refractivity contribution >= 4 is 11.8 Å². The van der Waals surface area contributed by atoms with Crippen LogP contribution in [0.25, 0.3) is 0 Å². The molecule has 1 aliphatic heterocycles. The smallest absolute Gasteiger partial charge is 0.234 e. The summed E-state index contributed by atoms with van der Waals surface area (Å²) in [7, 11) is 0. The van der Waals surface area contributed by atoms with Gasteiger partial charge in [-0.25, -0.2) is 4.39 Å². The zero-order valence-corrected chi connectivity index (χ0v) is 7.29. The van der Waals surface area contributed by atoms with Crippen LogP contribution in [-0.4, -0.2) is 11.8 Å². The quantitative estimate of drug-likeness (QED) is 0.675. The van der Waals surface area contributed by atoms with E-state index in [0.29, 0.717) is 0 Å².